The molecule has 0 aromatic heterocycles. The SMILES string of the molecule is C=C(c1cc(CN2CCN(/C(C)=N/CC)CC2)c(C)cc1C)N1CCN(/C(C)=N/CC)CC1. The fourth-order valence-corrected chi connectivity index (χ4v) is 4.98. The van der Waals surface area contributed by atoms with Gasteiger partial charge in [0.15, 0.2) is 0 Å². The molecule has 0 radical (unpaired) electrons. The van der Waals surface area contributed by atoms with Crippen LogP contribution >= 0.6 is 0 Å². The fourth-order valence-electron chi connectivity index (χ4n) is 4.98. The van der Waals surface area contributed by atoms with E-state index in [0.29, 0.717) is 0 Å². The van der Waals surface area contributed by atoms with E-state index in [9.17, 15) is 0 Å². The zero-order valence-corrected chi connectivity index (χ0v) is 21.8. The van der Waals surface area contributed by atoms with Crippen LogP contribution in [-0.4, -0.2) is 96.7 Å². The normalized spacial score (nSPS) is 18.8. The number of benzene rings is 1. The quantitative estimate of drug-likeness (QED) is 0.485. The lowest BCUT2D eigenvalue weighted by molar-refractivity contribution is 0.174. The molecular weight excluding hydrogens is 408 g/mol. The Morgan fingerprint density at radius 3 is 1.76 bits per heavy atom. The van der Waals surface area contributed by atoms with Crippen LogP contribution in [0, 0.1) is 13.8 Å². The minimum atomic E-state index is 0.852. The number of rotatable bonds is 6. The second-order valence-corrected chi connectivity index (χ2v) is 9.32. The van der Waals surface area contributed by atoms with Crippen molar-refractivity contribution < 1.29 is 0 Å². The lowest BCUT2D eigenvalue weighted by Crippen LogP contribution is -2.47. The van der Waals surface area contributed by atoms with E-state index in [1.807, 2.05) is 0 Å². The van der Waals surface area contributed by atoms with E-state index in [2.05, 4.69) is 89.8 Å². The molecule has 2 aliphatic rings. The van der Waals surface area contributed by atoms with Crippen molar-refractivity contribution in [1.82, 2.24) is 19.6 Å². The molecule has 0 bridgehead atoms. The summed E-state index contributed by atoms with van der Waals surface area (Å²) in [6.07, 6.45) is 0. The largest absolute Gasteiger partial charge is 0.368 e. The molecule has 0 spiro atoms. The Morgan fingerprint density at radius 1 is 0.758 bits per heavy atom. The molecule has 2 fully saturated rings. The van der Waals surface area contributed by atoms with Crippen molar-refractivity contribution >= 4 is 17.4 Å². The molecule has 0 atom stereocenters. The zero-order valence-electron chi connectivity index (χ0n) is 21.8. The summed E-state index contributed by atoms with van der Waals surface area (Å²) in [5.41, 5.74) is 6.59. The number of hydrogen-bond acceptors (Lipinski definition) is 4. The predicted octanol–water partition coefficient (Wildman–Crippen LogP) is 3.89. The van der Waals surface area contributed by atoms with Crippen LogP contribution in [0.3, 0.4) is 0 Å². The summed E-state index contributed by atoms with van der Waals surface area (Å²) in [5, 5.41) is 0. The molecule has 0 unspecified atom stereocenters. The van der Waals surface area contributed by atoms with Gasteiger partial charge in [-0.2, -0.15) is 0 Å². The van der Waals surface area contributed by atoms with Crippen LogP contribution in [0.25, 0.3) is 5.70 Å². The molecule has 6 heteroatoms. The van der Waals surface area contributed by atoms with Gasteiger partial charge in [-0.1, -0.05) is 12.6 Å². The first-order valence-corrected chi connectivity index (χ1v) is 12.6. The first-order chi connectivity index (χ1) is 15.8. The predicted molar refractivity (Wildman–Crippen MR) is 142 cm³/mol. The van der Waals surface area contributed by atoms with Gasteiger partial charge in [-0.15, -0.1) is 0 Å². The Morgan fingerprint density at radius 2 is 1.24 bits per heavy atom. The summed E-state index contributed by atoms with van der Waals surface area (Å²) in [6.45, 7) is 28.5. The van der Waals surface area contributed by atoms with Crippen molar-refractivity contribution in [2.24, 2.45) is 9.98 Å². The van der Waals surface area contributed by atoms with Crippen LogP contribution in [0.5, 0.6) is 0 Å². The highest BCUT2D eigenvalue weighted by molar-refractivity contribution is 5.80. The van der Waals surface area contributed by atoms with Gasteiger partial charge in [0.1, 0.15) is 0 Å². The number of piperazine rings is 2. The van der Waals surface area contributed by atoms with E-state index < -0.39 is 0 Å². The first-order valence-electron chi connectivity index (χ1n) is 12.6. The number of aliphatic imine (C=N–C) groups is 2. The number of nitrogens with zero attached hydrogens (tertiary/aromatic N) is 6. The van der Waals surface area contributed by atoms with Gasteiger partial charge in [-0.3, -0.25) is 14.9 Å². The summed E-state index contributed by atoms with van der Waals surface area (Å²) in [5.74, 6) is 2.34. The monoisotopic (exact) mass is 452 g/mol. The maximum Gasteiger partial charge on any atom is 0.0958 e. The molecule has 182 valence electrons. The molecule has 1 aromatic rings. The van der Waals surface area contributed by atoms with Gasteiger partial charge in [0, 0.05) is 83.3 Å². The second-order valence-electron chi connectivity index (χ2n) is 9.32. The maximum atomic E-state index is 4.58. The molecule has 33 heavy (non-hydrogen) atoms. The van der Waals surface area contributed by atoms with Crippen LogP contribution in [-0.2, 0) is 6.54 Å². The molecule has 0 saturated carbocycles. The van der Waals surface area contributed by atoms with E-state index in [-0.39, 0.29) is 0 Å². The minimum absolute atomic E-state index is 0.852. The standard InChI is InChI=1S/C27H44N6/c1-8-28-24(6)32-12-10-30(11-13-32)20-26-19-27(22(4)18-21(26)3)23(5)31-14-16-33(17-15-31)25(7)29-9-2/h18-19H,5,8-17,20H2,1-4,6-7H3/b28-24+,29-25+. The van der Waals surface area contributed by atoms with Crippen LogP contribution in [0.2, 0.25) is 0 Å². The van der Waals surface area contributed by atoms with Gasteiger partial charge in [-0.05, 0) is 64.3 Å². The zero-order chi connectivity index (χ0) is 24.0. The van der Waals surface area contributed by atoms with Gasteiger partial charge in [0.25, 0.3) is 0 Å². The average molecular weight is 453 g/mol. The molecule has 1 aromatic carbocycles. The van der Waals surface area contributed by atoms with Crippen LogP contribution < -0.4 is 0 Å². The number of hydrogen-bond donors (Lipinski definition) is 0. The van der Waals surface area contributed by atoms with Gasteiger partial charge in [0.2, 0.25) is 0 Å². The summed E-state index contributed by atoms with van der Waals surface area (Å²) in [4.78, 5) is 19.0. The van der Waals surface area contributed by atoms with Gasteiger partial charge >= 0.3 is 0 Å². The highest BCUT2D eigenvalue weighted by atomic mass is 15.3. The van der Waals surface area contributed by atoms with Crippen molar-refractivity contribution in [2.45, 2.75) is 48.1 Å². The average Bonchev–Trinajstić information content (AvgIpc) is 2.81. The van der Waals surface area contributed by atoms with E-state index in [0.717, 1.165) is 83.5 Å². The van der Waals surface area contributed by atoms with Crippen molar-refractivity contribution in [3.05, 3.63) is 41.0 Å². The highest BCUT2D eigenvalue weighted by Crippen LogP contribution is 2.27. The summed E-state index contributed by atoms with van der Waals surface area (Å²) >= 11 is 0. The third kappa shape index (κ3) is 6.38. The third-order valence-corrected chi connectivity index (χ3v) is 7.11. The lowest BCUT2D eigenvalue weighted by Gasteiger charge is -2.38. The Labute approximate surface area is 201 Å². The Bertz CT molecular complexity index is 871. The summed E-state index contributed by atoms with van der Waals surface area (Å²) in [6, 6.07) is 4.75. The summed E-state index contributed by atoms with van der Waals surface area (Å²) in [7, 11) is 0. The third-order valence-electron chi connectivity index (χ3n) is 7.11. The molecule has 0 N–H and O–H groups in total. The topological polar surface area (TPSA) is 37.7 Å². The summed E-state index contributed by atoms with van der Waals surface area (Å²) < 4.78 is 0. The van der Waals surface area contributed by atoms with E-state index in [4.69, 9.17) is 0 Å². The maximum absolute atomic E-state index is 4.58. The molecule has 6 nitrogen and oxygen atoms in total. The van der Waals surface area contributed by atoms with Gasteiger partial charge < -0.3 is 14.7 Å². The highest BCUT2D eigenvalue weighted by Gasteiger charge is 2.22. The first kappa shape index (κ1) is 25.3. The Kier molecular flexibility index (Phi) is 8.95. The van der Waals surface area contributed by atoms with Gasteiger partial charge in [-0.25, -0.2) is 0 Å². The van der Waals surface area contributed by atoms with Crippen molar-refractivity contribution in [1.29, 1.82) is 0 Å². The van der Waals surface area contributed by atoms with Crippen molar-refractivity contribution in [3.63, 3.8) is 0 Å². The second kappa shape index (κ2) is 11.7. The van der Waals surface area contributed by atoms with Crippen LogP contribution in [0.15, 0.2) is 28.7 Å². The van der Waals surface area contributed by atoms with E-state index >= 15 is 0 Å². The van der Waals surface area contributed by atoms with E-state index in [1.54, 1.807) is 0 Å². The molecule has 2 saturated heterocycles. The fraction of sp³-hybridized carbons (Fsp3) is 0.630. The molecule has 2 aliphatic heterocycles. The van der Waals surface area contributed by atoms with Gasteiger partial charge in [0.05, 0.1) is 11.7 Å². The molecule has 3 rings (SSSR count). The molecular formula is C27H44N6. The molecule has 0 aliphatic carbocycles. The van der Waals surface area contributed by atoms with Crippen LogP contribution in [0.4, 0.5) is 0 Å². The molecule has 2 heterocycles. The van der Waals surface area contributed by atoms with E-state index in [1.165, 1.54) is 28.1 Å². The Hall–Kier alpha value is -2.34. The number of amidine groups is 2. The molecule has 0 amide bonds. The van der Waals surface area contributed by atoms with Crippen molar-refractivity contribution in [3.8, 4) is 0 Å². The number of aryl methyl sites for hydroxylation is 2. The van der Waals surface area contributed by atoms with Crippen LogP contribution in [0.1, 0.15) is 49.9 Å². The lowest BCUT2D eigenvalue weighted by atomic mass is 9.97. The van der Waals surface area contributed by atoms with Crippen molar-refractivity contribution in [2.75, 3.05) is 65.4 Å². The smallest absolute Gasteiger partial charge is 0.0958 e. The Balaban J connectivity index is 1.64. The minimum Gasteiger partial charge on any atom is -0.368 e.